The van der Waals surface area contributed by atoms with Gasteiger partial charge in [0.1, 0.15) is 5.75 Å². The summed E-state index contributed by atoms with van der Waals surface area (Å²) in [5.41, 5.74) is 0.291. The molecule has 0 bridgehead atoms. The summed E-state index contributed by atoms with van der Waals surface area (Å²) in [4.78, 5) is 11.7. The Balaban J connectivity index is 2.66. The van der Waals surface area contributed by atoms with Crippen molar-refractivity contribution in [3.8, 4) is 17.2 Å². The van der Waals surface area contributed by atoms with Crippen LogP contribution in [0, 0.1) is 0 Å². The summed E-state index contributed by atoms with van der Waals surface area (Å²) in [6, 6.07) is 8.49. The summed E-state index contributed by atoms with van der Waals surface area (Å²) in [7, 11) is 1.45. The fourth-order valence-electron chi connectivity index (χ4n) is 1.74. The maximum atomic E-state index is 11.7. The van der Waals surface area contributed by atoms with Gasteiger partial charge >= 0.3 is 5.97 Å². The predicted octanol–water partition coefficient (Wildman–Crippen LogP) is 3.04. The zero-order chi connectivity index (χ0) is 14.0. The highest BCUT2D eigenvalue weighted by Crippen LogP contribution is 2.41. The number of hydrogen-bond donors (Lipinski definition) is 1. The van der Waals surface area contributed by atoms with Gasteiger partial charge in [0.2, 0.25) is 0 Å². The van der Waals surface area contributed by atoms with Gasteiger partial charge in [-0.25, -0.2) is 4.79 Å². The number of hydrogen-bond acceptors (Lipinski definition) is 4. The van der Waals surface area contributed by atoms with Gasteiger partial charge in [-0.3, -0.25) is 0 Å². The van der Waals surface area contributed by atoms with E-state index in [1.54, 1.807) is 31.2 Å². The number of carbonyl (C=O) groups excluding carboxylic acids is 1. The van der Waals surface area contributed by atoms with Gasteiger partial charge in [0.15, 0.2) is 11.5 Å². The van der Waals surface area contributed by atoms with Gasteiger partial charge < -0.3 is 14.6 Å². The SMILES string of the molecule is C=C(C)C(=O)Oc1c(OC)cc(O)c2ccccc12. The molecular weight excluding hydrogens is 244 g/mol. The lowest BCUT2D eigenvalue weighted by atomic mass is 10.1. The number of methoxy groups -OCH3 is 1. The lowest BCUT2D eigenvalue weighted by Gasteiger charge is -2.13. The molecule has 4 nitrogen and oxygen atoms in total. The number of benzene rings is 2. The first kappa shape index (κ1) is 13.0. The monoisotopic (exact) mass is 258 g/mol. The van der Waals surface area contributed by atoms with Crippen LogP contribution in [0.5, 0.6) is 17.2 Å². The highest BCUT2D eigenvalue weighted by Gasteiger charge is 2.16. The van der Waals surface area contributed by atoms with Crippen LogP contribution in [0.25, 0.3) is 10.8 Å². The molecule has 1 N–H and O–H groups in total. The van der Waals surface area contributed by atoms with Crippen LogP contribution in [-0.4, -0.2) is 18.2 Å². The van der Waals surface area contributed by atoms with Crippen molar-refractivity contribution in [2.75, 3.05) is 7.11 Å². The Morgan fingerprint density at radius 2 is 1.89 bits per heavy atom. The summed E-state index contributed by atoms with van der Waals surface area (Å²) in [5, 5.41) is 11.1. The first-order valence-electron chi connectivity index (χ1n) is 5.71. The van der Waals surface area contributed by atoms with Gasteiger partial charge in [-0.2, -0.15) is 0 Å². The molecule has 0 atom stereocenters. The third kappa shape index (κ3) is 2.38. The van der Waals surface area contributed by atoms with E-state index in [0.717, 1.165) is 0 Å². The Bertz CT molecular complexity index is 658. The van der Waals surface area contributed by atoms with Crippen LogP contribution in [-0.2, 0) is 4.79 Å². The number of carbonyl (C=O) groups is 1. The molecule has 0 spiro atoms. The second-order valence-corrected chi connectivity index (χ2v) is 4.14. The number of rotatable bonds is 3. The summed E-state index contributed by atoms with van der Waals surface area (Å²) in [6.45, 7) is 5.11. The molecule has 2 rings (SSSR count). The van der Waals surface area contributed by atoms with E-state index in [1.165, 1.54) is 13.2 Å². The summed E-state index contributed by atoms with van der Waals surface area (Å²) < 4.78 is 10.4. The van der Waals surface area contributed by atoms with Crippen LogP contribution in [0.3, 0.4) is 0 Å². The van der Waals surface area contributed by atoms with E-state index in [4.69, 9.17) is 9.47 Å². The second-order valence-electron chi connectivity index (χ2n) is 4.14. The largest absolute Gasteiger partial charge is 0.507 e. The fraction of sp³-hybridized carbons (Fsp3) is 0.133. The molecule has 98 valence electrons. The summed E-state index contributed by atoms with van der Waals surface area (Å²) in [5.74, 6) is 0.117. The molecule has 2 aromatic rings. The highest BCUT2D eigenvalue weighted by molar-refractivity contribution is 5.98. The zero-order valence-corrected chi connectivity index (χ0v) is 10.8. The Kier molecular flexibility index (Phi) is 3.42. The topological polar surface area (TPSA) is 55.8 Å². The standard InChI is InChI=1S/C15H14O4/c1-9(2)15(17)19-14-11-7-5-4-6-10(11)12(16)8-13(14)18-3/h4-8,16H,1H2,2-3H3. The molecule has 0 radical (unpaired) electrons. The van der Waals surface area contributed by atoms with Crippen LogP contribution in [0.1, 0.15) is 6.92 Å². The molecule has 0 aromatic heterocycles. The minimum atomic E-state index is -0.533. The molecule has 4 heteroatoms. The number of aromatic hydroxyl groups is 1. The van der Waals surface area contributed by atoms with Crippen LogP contribution in [0.4, 0.5) is 0 Å². The minimum Gasteiger partial charge on any atom is -0.507 e. The molecule has 0 saturated heterocycles. The number of phenolic OH excluding ortho intramolecular Hbond substituents is 1. The normalized spacial score (nSPS) is 10.2. The van der Waals surface area contributed by atoms with Crippen molar-refractivity contribution in [2.45, 2.75) is 6.92 Å². The number of fused-ring (bicyclic) bond motifs is 1. The molecule has 0 amide bonds. The molecule has 0 aliphatic rings. The molecule has 0 fully saturated rings. The Morgan fingerprint density at radius 1 is 1.26 bits per heavy atom. The van der Waals surface area contributed by atoms with Crippen molar-refractivity contribution >= 4 is 16.7 Å². The quantitative estimate of drug-likeness (QED) is 0.522. The van der Waals surface area contributed by atoms with Gasteiger partial charge in [-0.15, -0.1) is 0 Å². The number of esters is 1. The molecule has 0 heterocycles. The van der Waals surface area contributed by atoms with Crippen LogP contribution >= 0.6 is 0 Å². The van der Waals surface area contributed by atoms with Gasteiger partial charge in [0, 0.05) is 22.4 Å². The van der Waals surface area contributed by atoms with E-state index >= 15 is 0 Å². The van der Waals surface area contributed by atoms with Gasteiger partial charge in [0.05, 0.1) is 7.11 Å². The maximum absolute atomic E-state index is 11.7. The summed E-state index contributed by atoms with van der Waals surface area (Å²) >= 11 is 0. The first-order valence-corrected chi connectivity index (χ1v) is 5.71. The van der Waals surface area contributed by atoms with E-state index in [-0.39, 0.29) is 11.5 Å². The van der Waals surface area contributed by atoms with E-state index in [9.17, 15) is 9.90 Å². The fourth-order valence-corrected chi connectivity index (χ4v) is 1.74. The van der Waals surface area contributed by atoms with Crippen LogP contribution < -0.4 is 9.47 Å². The maximum Gasteiger partial charge on any atom is 0.338 e. The molecular formula is C15H14O4. The first-order chi connectivity index (χ1) is 9.04. The van der Waals surface area contributed by atoms with Gasteiger partial charge in [-0.05, 0) is 6.92 Å². The minimum absolute atomic E-state index is 0.0718. The molecule has 19 heavy (non-hydrogen) atoms. The third-order valence-corrected chi connectivity index (χ3v) is 2.70. The average molecular weight is 258 g/mol. The van der Waals surface area contributed by atoms with Crippen molar-refractivity contribution in [3.63, 3.8) is 0 Å². The van der Waals surface area contributed by atoms with Gasteiger partial charge in [0.25, 0.3) is 0 Å². The van der Waals surface area contributed by atoms with E-state index in [1.807, 2.05) is 0 Å². The molecule has 0 aliphatic carbocycles. The van der Waals surface area contributed by atoms with E-state index in [2.05, 4.69) is 6.58 Å². The Hall–Kier alpha value is -2.49. The number of phenols is 1. The summed E-state index contributed by atoms with van der Waals surface area (Å²) in [6.07, 6.45) is 0. The van der Waals surface area contributed by atoms with Crippen LogP contribution in [0.15, 0.2) is 42.5 Å². The van der Waals surface area contributed by atoms with Crippen molar-refractivity contribution in [2.24, 2.45) is 0 Å². The van der Waals surface area contributed by atoms with Crippen molar-refractivity contribution in [1.29, 1.82) is 0 Å². The Morgan fingerprint density at radius 3 is 2.47 bits per heavy atom. The molecule has 2 aromatic carbocycles. The number of ether oxygens (including phenoxy) is 2. The second kappa shape index (κ2) is 5.02. The molecule has 0 saturated carbocycles. The molecule has 0 aliphatic heterocycles. The van der Waals surface area contributed by atoms with Gasteiger partial charge in [-0.1, -0.05) is 30.8 Å². The van der Waals surface area contributed by atoms with E-state index in [0.29, 0.717) is 22.1 Å². The lowest BCUT2D eigenvalue weighted by Crippen LogP contribution is -2.09. The highest BCUT2D eigenvalue weighted by atomic mass is 16.6. The van der Waals surface area contributed by atoms with Crippen molar-refractivity contribution in [1.82, 2.24) is 0 Å². The van der Waals surface area contributed by atoms with E-state index < -0.39 is 5.97 Å². The Labute approximate surface area is 110 Å². The van der Waals surface area contributed by atoms with Crippen LogP contribution in [0.2, 0.25) is 0 Å². The zero-order valence-electron chi connectivity index (χ0n) is 10.8. The smallest absolute Gasteiger partial charge is 0.338 e. The van der Waals surface area contributed by atoms with Crippen molar-refractivity contribution in [3.05, 3.63) is 42.5 Å². The predicted molar refractivity (Wildman–Crippen MR) is 72.6 cm³/mol. The third-order valence-electron chi connectivity index (χ3n) is 2.70. The molecule has 0 unspecified atom stereocenters. The average Bonchev–Trinajstić information content (AvgIpc) is 2.41. The van der Waals surface area contributed by atoms with Crippen molar-refractivity contribution < 1.29 is 19.4 Å². The lowest BCUT2D eigenvalue weighted by molar-refractivity contribution is -0.130.